The molecule has 3 aromatic carbocycles. The molecule has 0 radical (unpaired) electrons. The van der Waals surface area contributed by atoms with Gasteiger partial charge < -0.3 is 30.3 Å². The number of fused-ring (bicyclic) bond motifs is 1. The predicted molar refractivity (Wildman–Crippen MR) is 167 cm³/mol. The van der Waals surface area contributed by atoms with Gasteiger partial charge in [-0.25, -0.2) is 0 Å². The molecule has 4 rings (SSSR count). The number of nitrogens with zero attached hydrogens (tertiary/aromatic N) is 1. The first-order valence-electron chi connectivity index (χ1n) is 14.9. The number of carbonyl (C=O) groups is 4. The quantitative estimate of drug-likeness (QED) is 0.342. The number of aryl methyl sites for hydroxylation is 2. The van der Waals surface area contributed by atoms with Crippen LogP contribution in [0.5, 0.6) is 11.5 Å². The Morgan fingerprint density at radius 1 is 1.00 bits per heavy atom. The van der Waals surface area contributed by atoms with Crippen molar-refractivity contribution >= 4 is 23.6 Å². The zero-order valence-corrected chi connectivity index (χ0v) is 25.4. The van der Waals surface area contributed by atoms with Gasteiger partial charge in [0.25, 0.3) is 5.91 Å². The van der Waals surface area contributed by atoms with Crippen LogP contribution in [0.1, 0.15) is 40.4 Å². The van der Waals surface area contributed by atoms with E-state index >= 15 is 0 Å². The van der Waals surface area contributed by atoms with Gasteiger partial charge in [0.15, 0.2) is 0 Å². The summed E-state index contributed by atoms with van der Waals surface area (Å²) in [5.41, 5.74) is 3.19. The standard InChI is InChI=1S/C34H40N4O6/c1-4-38-17-19-44-30-13-9-8-12-26(30)32(40)37-27(33(41)35-16-18-43-29-15-14-23(2)20-24(29)3)22-31(39)36-28(34(38)42)21-25-10-6-5-7-11-25/h5-15,20,27-28H,4,16-19,21-22H2,1-3H3,(H,35,41)(H,36,39)(H,37,40)/t27-,28+/m0/s1. The van der Waals surface area contributed by atoms with Crippen molar-refractivity contribution in [3.05, 3.63) is 95.1 Å². The minimum Gasteiger partial charge on any atom is -0.491 e. The van der Waals surface area contributed by atoms with Crippen molar-refractivity contribution < 1.29 is 28.7 Å². The molecule has 10 heteroatoms. The Bertz CT molecular complexity index is 1460. The number of nitrogens with one attached hydrogen (secondary N) is 3. The van der Waals surface area contributed by atoms with Gasteiger partial charge in [-0.3, -0.25) is 19.2 Å². The monoisotopic (exact) mass is 600 g/mol. The minimum absolute atomic E-state index is 0.139. The van der Waals surface area contributed by atoms with Gasteiger partial charge in [0, 0.05) is 13.0 Å². The van der Waals surface area contributed by atoms with Crippen LogP contribution >= 0.6 is 0 Å². The normalized spacial score (nSPS) is 17.8. The Balaban J connectivity index is 1.53. The molecule has 3 aromatic rings. The molecular formula is C34H40N4O6. The summed E-state index contributed by atoms with van der Waals surface area (Å²) < 4.78 is 11.8. The zero-order valence-electron chi connectivity index (χ0n) is 25.4. The van der Waals surface area contributed by atoms with E-state index in [2.05, 4.69) is 16.0 Å². The van der Waals surface area contributed by atoms with Crippen molar-refractivity contribution in [2.45, 2.75) is 45.7 Å². The molecule has 232 valence electrons. The molecule has 0 unspecified atom stereocenters. The molecule has 44 heavy (non-hydrogen) atoms. The summed E-state index contributed by atoms with van der Waals surface area (Å²) in [4.78, 5) is 55.3. The number of amides is 4. The lowest BCUT2D eigenvalue weighted by Gasteiger charge is -2.28. The largest absolute Gasteiger partial charge is 0.491 e. The summed E-state index contributed by atoms with van der Waals surface area (Å²) in [6.45, 7) is 6.95. The molecule has 0 spiro atoms. The third-order valence-corrected chi connectivity index (χ3v) is 7.36. The van der Waals surface area contributed by atoms with Gasteiger partial charge in [0.1, 0.15) is 36.8 Å². The molecule has 3 N–H and O–H groups in total. The number of carbonyl (C=O) groups excluding carboxylic acids is 4. The topological polar surface area (TPSA) is 126 Å². The highest BCUT2D eigenvalue weighted by Gasteiger charge is 2.30. The molecule has 0 saturated heterocycles. The first-order valence-corrected chi connectivity index (χ1v) is 14.9. The van der Waals surface area contributed by atoms with Crippen LogP contribution in [0.15, 0.2) is 72.8 Å². The van der Waals surface area contributed by atoms with Gasteiger partial charge in [0.05, 0.1) is 25.1 Å². The van der Waals surface area contributed by atoms with E-state index in [-0.39, 0.29) is 50.6 Å². The molecule has 1 aliphatic heterocycles. The fourth-order valence-corrected chi connectivity index (χ4v) is 5.04. The smallest absolute Gasteiger partial charge is 0.255 e. The lowest BCUT2D eigenvalue weighted by atomic mass is 10.0. The number of hydrogen-bond donors (Lipinski definition) is 3. The fourth-order valence-electron chi connectivity index (χ4n) is 5.04. The van der Waals surface area contributed by atoms with E-state index in [4.69, 9.17) is 9.47 Å². The Labute approximate surface area is 258 Å². The van der Waals surface area contributed by atoms with E-state index in [0.29, 0.717) is 18.0 Å². The van der Waals surface area contributed by atoms with Crippen LogP contribution in [0.25, 0.3) is 0 Å². The molecule has 0 bridgehead atoms. The number of likely N-dealkylation sites (N-methyl/N-ethyl adjacent to an activating group) is 1. The van der Waals surface area contributed by atoms with Gasteiger partial charge in [0.2, 0.25) is 17.7 Å². The van der Waals surface area contributed by atoms with Crippen LogP contribution in [0.3, 0.4) is 0 Å². The molecular weight excluding hydrogens is 560 g/mol. The Morgan fingerprint density at radius 2 is 1.75 bits per heavy atom. The molecule has 0 saturated carbocycles. The minimum atomic E-state index is -1.21. The van der Waals surface area contributed by atoms with Gasteiger partial charge >= 0.3 is 0 Å². The number of rotatable bonds is 8. The Morgan fingerprint density at radius 3 is 2.50 bits per heavy atom. The molecule has 10 nitrogen and oxygen atoms in total. The second-order valence-electron chi connectivity index (χ2n) is 10.7. The van der Waals surface area contributed by atoms with Crippen LogP contribution in [0.4, 0.5) is 0 Å². The summed E-state index contributed by atoms with van der Waals surface area (Å²) in [5, 5.41) is 8.29. The van der Waals surface area contributed by atoms with Gasteiger partial charge in [-0.1, -0.05) is 60.2 Å². The fraction of sp³-hybridized carbons (Fsp3) is 0.353. The lowest BCUT2D eigenvalue weighted by Crippen LogP contribution is -2.54. The van der Waals surface area contributed by atoms with Crippen LogP contribution in [-0.2, 0) is 20.8 Å². The molecule has 0 aromatic heterocycles. The second kappa shape index (κ2) is 15.6. The predicted octanol–water partition coefficient (Wildman–Crippen LogP) is 2.96. The molecule has 0 aliphatic carbocycles. The number of ether oxygens (including phenoxy) is 2. The van der Waals surface area contributed by atoms with E-state index < -0.39 is 29.8 Å². The molecule has 1 aliphatic rings. The highest BCUT2D eigenvalue weighted by molar-refractivity contribution is 6.01. The summed E-state index contributed by atoms with van der Waals surface area (Å²) in [5.74, 6) is -0.874. The van der Waals surface area contributed by atoms with E-state index in [9.17, 15) is 19.2 Å². The van der Waals surface area contributed by atoms with Crippen molar-refractivity contribution in [3.63, 3.8) is 0 Å². The van der Waals surface area contributed by atoms with Crippen LogP contribution in [0, 0.1) is 13.8 Å². The average Bonchev–Trinajstić information content (AvgIpc) is 3.01. The van der Waals surface area contributed by atoms with Gasteiger partial charge in [-0.05, 0) is 50.1 Å². The zero-order chi connectivity index (χ0) is 31.5. The third kappa shape index (κ3) is 8.82. The number of benzene rings is 3. The van der Waals surface area contributed by atoms with Crippen molar-refractivity contribution in [2.75, 3.05) is 32.8 Å². The number of para-hydroxylation sites is 1. The van der Waals surface area contributed by atoms with E-state index in [1.165, 1.54) is 0 Å². The third-order valence-electron chi connectivity index (χ3n) is 7.36. The summed E-state index contributed by atoms with van der Waals surface area (Å²) in [7, 11) is 0. The first-order chi connectivity index (χ1) is 21.2. The molecule has 0 fully saturated rings. The van der Waals surface area contributed by atoms with E-state index in [1.54, 1.807) is 29.2 Å². The van der Waals surface area contributed by atoms with E-state index in [1.807, 2.05) is 69.3 Å². The molecule has 2 atom stereocenters. The highest BCUT2D eigenvalue weighted by Crippen LogP contribution is 2.20. The lowest BCUT2D eigenvalue weighted by molar-refractivity contribution is -0.137. The van der Waals surface area contributed by atoms with Crippen molar-refractivity contribution in [1.29, 1.82) is 0 Å². The SMILES string of the molecule is CCN1CCOc2ccccc2C(=O)N[C@H](C(=O)NCCOc2ccc(C)cc2C)CC(=O)N[C@H](Cc2ccccc2)C1=O. The van der Waals surface area contributed by atoms with Crippen LogP contribution < -0.4 is 25.4 Å². The van der Waals surface area contributed by atoms with Crippen LogP contribution in [0.2, 0.25) is 0 Å². The average molecular weight is 601 g/mol. The maximum atomic E-state index is 13.6. The van der Waals surface area contributed by atoms with Crippen molar-refractivity contribution in [2.24, 2.45) is 0 Å². The Kier molecular flexibility index (Phi) is 11.3. The number of hydrogen-bond acceptors (Lipinski definition) is 6. The van der Waals surface area contributed by atoms with Crippen molar-refractivity contribution in [3.8, 4) is 11.5 Å². The van der Waals surface area contributed by atoms with Gasteiger partial charge in [-0.15, -0.1) is 0 Å². The summed E-state index contributed by atoms with van der Waals surface area (Å²) in [6, 6.07) is 19.8. The maximum Gasteiger partial charge on any atom is 0.255 e. The van der Waals surface area contributed by atoms with E-state index in [0.717, 1.165) is 16.7 Å². The highest BCUT2D eigenvalue weighted by atomic mass is 16.5. The first kappa shape index (κ1) is 32.1. The van der Waals surface area contributed by atoms with Crippen LogP contribution in [-0.4, -0.2) is 73.5 Å². The maximum absolute atomic E-state index is 13.6. The van der Waals surface area contributed by atoms with Crippen molar-refractivity contribution in [1.82, 2.24) is 20.9 Å². The molecule has 4 amide bonds. The van der Waals surface area contributed by atoms with Gasteiger partial charge in [-0.2, -0.15) is 0 Å². The summed E-state index contributed by atoms with van der Waals surface area (Å²) in [6.07, 6.45) is -0.103. The summed E-state index contributed by atoms with van der Waals surface area (Å²) >= 11 is 0. The Hall–Kier alpha value is -4.86. The molecule has 1 heterocycles. The second-order valence-corrected chi connectivity index (χ2v) is 10.7.